The molecule has 0 saturated carbocycles. The lowest BCUT2D eigenvalue weighted by molar-refractivity contribution is 0.414. The fraction of sp³-hybridized carbons (Fsp3) is 0.200. The van der Waals surface area contributed by atoms with Gasteiger partial charge in [-0.3, -0.25) is 4.68 Å². The van der Waals surface area contributed by atoms with Crippen molar-refractivity contribution in [2.75, 3.05) is 18.2 Å². The van der Waals surface area contributed by atoms with Crippen LogP contribution >= 0.6 is 0 Å². The smallest absolute Gasteiger partial charge is 0.152 e. The summed E-state index contributed by atoms with van der Waals surface area (Å²) in [6.07, 6.45) is 3.41. The van der Waals surface area contributed by atoms with Crippen molar-refractivity contribution < 1.29 is 4.74 Å². The van der Waals surface area contributed by atoms with Crippen LogP contribution in [0.4, 0.5) is 11.5 Å². The third-order valence-corrected chi connectivity index (χ3v) is 3.43. The number of nitrogens with two attached hydrogens (primary N) is 1. The number of nitrogen functional groups attached to an aromatic ring is 1. The molecular weight excluding hydrogens is 266 g/mol. The van der Waals surface area contributed by atoms with Crippen LogP contribution in [0.1, 0.15) is 5.56 Å². The van der Waals surface area contributed by atoms with Gasteiger partial charge in [-0.15, -0.1) is 0 Å². The Hall–Kier alpha value is -2.76. The molecule has 2 aromatic heterocycles. The molecule has 2 heterocycles. The van der Waals surface area contributed by atoms with Gasteiger partial charge in [-0.05, 0) is 17.7 Å². The molecule has 6 heteroatoms. The van der Waals surface area contributed by atoms with Crippen molar-refractivity contribution in [3.8, 4) is 5.75 Å². The Morgan fingerprint density at radius 1 is 1.24 bits per heavy atom. The van der Waals surface area contributed by atoms with Crippen LogP contribution in [0.25, 0.3) is 10.9 Å². The quantitative estimate of drug-likeness (QED) is 0.767. The number of benzene rings is 1. The van der Waals surface area contributed by atoms with Crippen molar-refractivity contribution in [1.29, 1.82) is 0 Å². The van der Waals surface area contributed by atoms with E-state index in [0.29, 0.717) is 12.2 Å². The summed E-state index contributed by atoms with van der Waals surface area (Å²) >= 11 is 0. The second-order valence-corrected chi connectivity index (χ2v) is 4.79. The molecule has 3 rings (SSSR count). The molecule has 0 aliphatic rings. The van der Waals surface area contributed by atoms with Gasteiger partial charge in [-0.25, -0.2) is 4.98 Å². The van der Waals surface area contributed by atoms with Gasteiger partial charge in [0.25, 0.3) is 0 Å². The molecule has 108 valence electrons. The molecule has 0 bridgehead atoms. The Balaban J connectivity index is 1.84. The first kappa shape index (κ1) is 13.2. The molecule has 0 saturated heterocycles. The maximum absolute atomic E-state index is 5.92. The van der Waals surface area contributed by atoms with Crippen LogP contribution in [0.15, 0.2) is 36.7 Å². The number of methoxy groups -OCH3 is 1. The molecule has 3 aromatic rings. The second-order valence-electron chi connectivity index (χ2n) is 4.79. The molecular formula is C15H17N5O. The van der Waals surface area contributed by atoms with Crippen LogP contribution in [-0.2, 0) is 13.6 Å². The number of rotatable bonds is 4. The predicted molar refractivity (Wildman–Crippen MR) is 83.2 cm³/mol. The number of hydrogen-bond donors (Lipinski definition) is 2. The number of fused-ring (bicyclic) bond motifs is 1. The monoisotopic (exact) mass is 283 g/mol. The van der Waals surface area contributed by atoms with Gasteiger partial charge in [0.15, 0.2) is 5.82 Å². The summed E-state index contributed by atoms with van der Waals surface area (Å²) in [5, 5.41) is 8.47. The summed E-state index contributed by atoms with van der Waals surface area (Å²) in [5.74, 6) is 1.62. The average Bonchev–Trinajstić information content (AvgIpc) is 2.90. The predicted octanol–water partition coefficient (Wildman–Crippen LogP) is 2.17. The summed E-state index contributed by atoms with van der Waals surface area (Å²) in [6, 6.07) is 7.91. The molecule has 0 amide bonds. The highest BCUT2D eigenvalue weighted by atomic mass is 16.5. The molecule has 3 N–H and O–H groups in total. The number of aromatic nitrogens is 3. The number of pyridine rings is 1. The molecule has 0 fully saturated rings. The lowest BCUT2D eigenvalue weighted by Gasteiger charge is -2.09. The van der Waals surface area contributed by atoms with Crippen LogP contribution in [0, 0.1) is 0 Å². The summed E-state index contributed by atoms with van der Waals surface area (Å²) in [4.78, 5) is 4.37. The largest absolute Gasteiger partial charge is 0.497 e. The summed E-state index contributed by atoms with van der Waals surface area (Å²) in [6.45, 7) is 0.668. The van der Waals surface area contributed by atoms with E-state index in [1.54, 1.807) is 24.2 Å². The van der Waals surface area contributed by atoms with Crippen LogP contribution in [0.2, 0.25) is 0 Å². The number of aryl methyl sites for hydroxylation is 1. The summed E-state index contributed by atoms with van der Waals surface area (Å²) < 4.78 is 6.92. The van der Waals surface area contributed by atoms with E-state index in [0.717, 1.165) is 28.0 Å². The van der Waals surface area contributed by atoms with Crippen LogP contribution < -0.4 is 15.8 Å². The third-order valence-electron chi connectivity index (χ3n) is 3.43. The van der Waals surface area contributed by atoms with Gasteiger partial charge in [0.2, 0.25) is 0 Å². The van der Waals surface area contributed by atoms with Gasteiger partial charge in [0, 0.05) is 19.0 Å². The first-order valence-corrected chi connectivity index (χ1v) is 6.62. The van der Waals surface area contributed by atoms with Crippen LogP contribution in [0.5, 0.6) is 5.75 Å². The standard InChI is InChI=1S/C15H17N5O/c1-20-14-12(8-19-20)13(16)9-18-15(14)17-7-10-3-5-11(21-2)6-4-10/h3-6,8-9H,7,16H2,1-2H3,(H,17,18). The van der Waals surface area contributed by atoms with Crippen molar-refractivity contribution in [3.05, 3.63) is 42.2 Å². The molecule has 1 aromatic carbocycles. The lowest BCUT2D eigenvalue weighted by atomic mass is 10.2. The number of nitrogens with zero attached hydrogens (tertiary/aromatic N) is 3. The Morgan fingerprint density at radius 2 is 2.00 bits per heavy atom. The molecule has 0 atom stereocenters. The Bertz CT molecular complexity index is 764. The second kappa shape index (κ2) is 5.32. The fourth-order valence-corrected chi connectivity index (χ4v) is 2.25. The van der Waals surface area contributed by atoms with E-state index in [1.807, 2.05) is 31.3 Å². The van der Waals surface area contributed by atoms with Crippen LogP contribution in [0.3, 0.4) is 0 Å². The minimum Gasteiger partial charge on any atom is -0.497 e. The maximum Gasteiger partial charge on any atom is 0.152 e. The van der Waals surface area contributed by atoms with E-state index in [2.05, 4.69) is 15.4 Å². The number of anilines is 2. The highest BCUT2D eigenvalue weighted by Gasteiger charge is 2.10. The highest BCUT2D eigenvalue weighted by Crippen LogP contribution is 2.25. The van der Waals surface area contributed by atoms with E-state index in [-0.39, 0.29) is 0 Å². The van der Waals surface area contributed by atoms with E-state index in [4.69, 9.17) is 10.5 Å². The zero-order valence-corrected chi connectivity index (χ0v) is 12.0. The molecule has 0 unspecified atom stereocenters. The summed E-state index contributed by atoms with van der Waals surface area (Å²) in [7, 11) is 3.53. The molecule has 0 spiro atoms. The van der Waals surface area contributed by atoms with Gasteiger partial charge >= 0.3 is 0 Å². The van der Waals surface area contributed by atoms with E-state index in [9.17, 15) is 0 Å². The summed E-state index contributed by atoms with van der Waals surface area (Å²) in [5.41, 5.74) is 8.60. The Labute approximate surface area is 122 Å². The zero-order valence-electron chi connectivity index (χ0n) is 12.0. The van der Waals surface area contributed by atoms with E-state index >= 15 is 0 Å². The zero-order chi connectivity index (χ0) is 14.8. The molecule has 0 aliphatic heterocycles. The fourth-order valence-electron chi connectivity index (χ4n) is 2.25. The molecule has 21 heavy (non-hydrogen) atoms. The SMILES string of the molecule is COc1ccc(CNc2ncc(N)c3cnn(C)c23)cc1. The van der Waals surface area contributed by atoms with Gasteiger partial charge in [-0.1, -0.05) is 12.1 Å². The minimum atomic E-state index is 0.632. The van der Waals surface area contributed by atoms with Gasteiger partial charge in [0.05, 0.1) is 25.2 Å². The van der Waals surface area contributed by atoms with Crippen molar-refractivity contribution in [1.82, 2.24) is 14.8 Å². The van der Waals surface area contributed by atoms with Gasteiger partial charge < -0.3 is 15.8 Å². The van der Waals surface area contributed by atoms with Crippen LogP contribution in [-0.4, -0.2) is 21.9 Å². The Kier molecular flexibility index (Phi) is 3.35. The molecule has 0 aliphatic carbocycles. The number of hydrogen-bond acceptors (Lipinski definition) is 5. The lowest BCUT2D eigenvalue weighted by Crippen LogP contribution is -2.04. The number of ether oxygens (including phenoxy) is 1. The van der Waals surface area contributed by atoms with Crippen molar-refractivity contribution in [2.24, 2.45) is 7.05 Å². The average molecular weight is 283 g/mol. The maximum atomic E-state index is 5.92. The van der Waals surface area contributed by atoms with Crippen molar-refractivity contribution >= 4 is 22.4 Å². The molecule has 6 nitrogen and oxygen atoms in total. The van der Waals surface area contributed by atoms with Crippen molar-refractivity contribution in [2.45, 2.75) is 6.54 Å². The third kappa shape index (κ3) is 2.47. The molecule has 0 radical (unpaired) electrons. The van der Waals surface area contributed by atoms with Gasteiger partial charge in [0.1, 0.15) is 11.3 Å². The first-order chi connectivity index (χ1) is 10.2. The number of nitrogens with one attached hydrogen (secondary N) is 1. The Morgan fingerprint density at radius 3 is 2.71 bits per heavy atom. The minimum absolute atomic E-state index is 0.632. The van der Waals surface area contributed by atoms with Gasteiger partial charge in [-0.2, -0.15) is 5.10 Å². The van der Waals surface area contributed by atoms with E-state index < -0.39 is 0 Å². The normalized spacial score (nSPS) is 10.8. The topological polar surface area (TPSA) is 78.0 Å². The van der Waals surface area contributed by atoms with E-state index in [1.165, 1.54) is 0 Å². The highest BCUT2D eigenvalue weighted by molar-refractivity contribution is 5.96. The first-order valence-electron chi connectivity index (χ1n) is 6.62. The van der Waals surface area contributed by atoms with Crippen molar-refractivity contribution in [3.63, 3.8) is 0 Å².